The molecule has 7 nitrogen and oxygen atoms in total. The van der Waals surface area contributed by atoms with E-state index in [-0.39, 0.29) is 24.4 Å². The van der Waals surface area contributed by atoms with Gasteiger partial charge in [0.1, 0.15) is 0 Å². The molecule has 164 valence electrons. The van der Waals surface area contributed by atoms with E-state index in [2.05, 4.69) is 25.9 Å². The van der Waals surface area contributed by atoms with Crippen LogP contribution in [0.25, 0.3) is 0 Å². The maximum atomic E-state index is 13.4. The minimum absolute atomic E-state index is 0.0480. The van der Waals surface area contributed by atoms with Gasteiger partial charge in [-0.05, 0) is 48.9 Å². The van der Waals surface area contributed by atoms with Crippen molar-refractivity contribution in [1.82, 2.24) is 19.0 Å². The summed E-state index contributed by atoms with van der Waals surface area (Å²) in [6, 6.07) is 5.71. The van der Waals surface area contributed by atoms with Crippen LogP contribution in [0.2, 0.25) is 0 Å². The Kier molecular flexibility index (Phi) is 5.86. The third kappa shape index (κ3) is 4.16. The number of benzene rings is 1. The van der Waals surface area contributed by atoms with Gasteiger partial charge in [-0.3, -0.25) is 9.48 Å². The van der Waals surface area contributed by atoms with Gasteiger partial charge in [-0.15, -0.1) is 0 Å². The molecule has 1 aliphatic rings. The van der Waals surface area contributed by atoms with E-state index in [1.54, 1.807) is 22.7 Å². The van der Waals surface area contributed by atoms with Crippen LogP contribution in [-0.4, -0.2) is 59.5 Å². The first kappa shape index (κ1) is 22.5. The second kappa shape index (κ2) is 7.81. The molecule has 2 aromatic rings. The lowest BCUT2D eigenvalue weighted by atomic mass is 9.85. The number of amides is 1. The van der Waals surface area contributed by atoms with Crippen LogP contribution in [0, 0.1) is 20.8 Å². The number of piperazine rings is 1. The van der Waals surface area contributed by atoms with Crippen molar-refractivity contribution in [1.29, 1.82) is 0 Å². The third-order valence-electron chi connectivity index (χ3n) is 5.78. The highest BCUT2D eigenvalue weighted by Crippen LogP contribution is 2.31. The Hall–Kier alpha value is -2.19. The Labute approximate surface area is 179 Å². The minimum Gasteiger partial charge on any atom is -0.335 e. The number of hydrogen-bond donors (Lipinski definition) is 0. The molecule has 1 amide bonds. The fourth-order valence-corrected chi connectivity index (χ4v) is 5.71. The lowest BCUT2D eigenvalue weighted by molar-refractivity contribution is 0.0691. The molecule has 0 N–H and O–H groups in total. The molecule has 1 aromatic carbocycles. The number of aryl methyl sites for hydroxylation is 4. The maximum absolute atomic E-state index is 13.4. The summed E-state index contributed by atoms with van der Waals surface area (Å²) in [5.41, 5.74) is 3.91. The van der Waals surface area contributed by atoms with Crippen molar-refractivity contribution in [2.45, 2.75) is 51.9 Å². The molecule has 0 unspecified atom stereocenters. The standard InChI is InChI=1S/C22H32N4O3S/c1-15-12-18(22(4,5)6)13-16(2)20(15)30(28,29)26-10-8-25(9-11-26)21(27)19-14-17(3)24(7)23-19/h12-14H,8-11H2,1-7H3. The average Bonchev–Trinajstić information content (AvgIpc) is 2.98. The lowest BCUT2D eigenvalue weighted by Gasteiger charge is -2.34. The first-order valence-corrected chi connectivity index (χ1v) is 11.7. The highest BCUT2D eigenvalue weighted by molar-refractivity contribution is 7.89. The van der Waals surface area contributed by atoms with E-state index in [0.29, 0.717) is 23.7 Å². The quantitative estimate of drug-likeness (QED) is 0.747. The lowest BCUT2D eigenvalue weighted by Crippen LogP contribution is -2.50. The summed E-state index contributed by atoms with van der Waals surface area (Å²) >= 11 is 0. The molecule has 2 heterocycles. The molecule has 0 aliphatic carbocycles. The summed E-state index contributed by atoms with van der Waals surface area (Å²) in [5.74, 6) is -0.155. The smallest absolute Gasteiger partial charge is 0.274 e. The Morgan fingerprint density at radius 3 is 1.93 bits per heavy atom. The van der Waals surface area contributed by atoms with Crippen molar-refractivity contribution in [3.8, 4) is 0 Å². The molecule has 1 aliphatic heterocycles. The first-order chi connectivity index (χ1) is 13.8. The van der Waals surface area contributed by atoms with Gasteiger partial charge in [0, 0.05) is 38.9 Å². The third-order valence-corrected chi connectivity index (χ3v) is 7.99. The fourth-order valence-electron chi connectivity index (χ4n) is 3.88. The molecule has 1 fully saturated rings. The van der Waals surface area contributed by atoms with Gasteiger partial charge in [-0.1, -0.05) is 32.9 Å². The van der Waals surface area contributed by atoms with E-state index in [1.807, 2.05) is 32.9 Å². The van der Waals surface area contributed by atoms with Crippen molar-refractivity contribution in [3.63, 3.8) is 0 Å². The second-order valence-electron chi connectivity index (χ2n) is 9.18. The number of aromatic nitrogens is 2. The van der Waals surface area contributed by atoms with E-state index >= 15 is 0 Å². The van der Waals surface area contributed by atoms with E-state index in [0.717, 1.165) is 22.4 Å². The van der Waals surface area contributed by atoms with Crippen LogP contribution in [0.3, 0.4) is 0 Å². The molecule has 8 heteroatoms. The highest BCUT2D eigenvalue weighted by atomic mass is 32.2. The van der Waals surface area contributed by atoms with Gasteiger partial charge in [0.25, 0.3) is 5.91 Å². The van der Waals surface area contributed by atoms with E-state index < -0.39 is 10.0 Å². The van der Waals surface area contributed by atoms with E-state index in [1.165, 1.54) is 4.31 Å². The predicted molar refractivity (Wildman–Crippen MR) is 117 cm³/mol. The molecule has 1 saturated heterocycles. The summed E-state index contributed by atoms with van der Waals surface area (Å²) in [4.78, 5) is 14.8. The zero-order valence-electron chi connectivity index (χ0n) is 19.0. The van der Waals surface area contributed by atoms with Gasteiger partial charge in [0.15, 0.2) is 5.69 Å². The first-order valence-electron chi connectivity index (χ1n) is 10.2. The molecular weight excluding hydrogens is 400 g/mol. The Morgan fingerprint density at radius 2 is 1.50 bits per heavy atom. The number of sulfonamides is 1. The summed E-state index contributed by atoms with van der Waals surface area (Å²) in [7, 11) is -1.83. The summed E-state index contributed by atoms with van der Waals surface area (Å²) in [6.45, 7) is 13.2. The van der Waals surface area contributed by atoms with Gasteiger partial charge >= 0.3 is 0 Å². The van der Waals surface area contributed by atoms with Crippen LogP contribution in [0.1, 0.15) is 53.6 Å². The topological polar surface area (TPSA) is 75.5 Å². The molecule has 1 aromatic heterocycles. The molecule has 0 radical (unpaired) electrons. The number of rotatable bonds is 3. The van der Waals surface area contributed by atoms with Crippen LogP contribution in [-0.2, 0) is 22.5 Å². The maximum Gasteiger partial charge on any atom is 0.274 e. The van der Waals surface area contributed by atoms with Crippen molar-refractivity contribution in [2.75, 3.05) is 26.2 Å². The van der Waals surface area contributed by atoms with Crippen molar-refractivity contribution in [3.05, 3.63) is 46.3 Å². The van der Waals surface area contributed by atoms with E-state index in [9.17, 15) is 13.2 Å². The van der Waals surface area contributed by atoms with Gasteiger partial charge < -0.3 is 4.90 Å². The predicted octanol–water partition coefficient (Wildman–Crippen LogP) is 2.79. The summed E-state index contributed by atoms with van der Waals surface area (Å²) < 4.78 is 29.9. The van der Waals surface area contributed by atoms with Crippen molar-refractivity contribution in [2.24, 2.45) is 7.05 Å². The number of hydrogen-bond acceptors (Lipinski definition) is 4. The highest BCUT2D eigenvalue weighted by Gasteiger charge is 2.33. The molecule has 0 atom stereocenters. The minimum atomic E-state index is -3.63. The average molecular weight is 433 g/mol. The van der Waals surface area contributed by atoms with Crippen LogP contribution in [0.5, 0.6) is 0 Å². The summed E-state index contributed by atoms with van der Waals surface area (Å²) in [6.07, 6.45) is 0. The van der Waals surface area contributed by atoms with Gasteiger partial charge in [-0.2, -0.15) is 9.40 Å². The Morgan fingerprint density at radius 1 is 0.967 bits per heavy atom. The molecule has 0 bridgehead atoms. The SMILES string of the molecule is Cc1cc(C(C)(C)C)cc(C)c1S(=O)(=O)N1CCN(C(=O)c2cc(C)n(C)n2)CC1. The van der Waals surface area contributed by atoms with Gasteiger partial charge in [0.05, 0.1) is 4.90 Å². The van der Waals surface area contributed by atoms with Gasteiger partial charge in [0.2, 0.25) is 10.0 Å². The monoisotopic (exact) mass is 432 g/mol. The molecule has 3 rings (SSSR count). The molecule has 0 saturated carbocycles. The Balaban J connectivity index is 1.79. The largest absolute Gasteiger partial charge is 0.335 e. The number of carbonyl (C=O) groups excluding carboxylic acids is 1. The van der Waals surface area contributed by atoms with E-state index in [4.69, 9.17) is 0 Å². The van der Waals surface area contributed by atoms with Crippen LogP contribution < -0.4 is 0 Å². The Bertz CT molecular complexity index is 1030. The normalized spacial score (nSPS) is 16.2. The zero-order chi connectivity index (χ0) is 22.4. The zero-order valence-corrected chi connectivity index (χ0v) is 19.8. The number of nitrogens with zero attached hydrogens (tertiary/aromatic N) is 4. The van der Waals surface area contributed by atoms with Crippen molar-refractivity contribution >= 4 is 15.9 Å². The van der Waals surface area contributed by atoms with Gasteiger partial charge in [-0.25, -0.2) is 8.42 Å². The van der Waals surface area contributed by atoms with Crippen LogP contribution in [0.15, 0.2) is 23.1 Å². The molecule has 0 spiro atoms. The van der Waals surface area contributed by atoms with Crippen LogP contribution in [0.4, 0.5) is 0 Å². The molecule has 30 heavy (non-hydrogen) atoms. The molecular formula is C22H32N4O3S. The fraction of sp³-hybridized carbons (Fsp3) is 0.545. The van der Waals surface area contributed by atoms with Crippen LogP contribution >= 0.6 is 0 Å². The van der Waals surface area contributed by atoms with Crippen molar-refractivity contribution < 1.29 is 13.2 Å². The second-order valence-corrected chi connectivity index (χ2v) is 11.1. The summed E-state index contributed by atoms with van der Waals surface area (Å²) in [5, 5.41) is 4.25. The number of carbonyl (C=O) groups is 1.